The van der Waals surface area contributed by atoms with Crippen LogP contribution in [0.4, 0.5) is 0 Å². The summed E-state index contributed by atoms with van der Waals surface area (Å²) in [7, 11) is 1.35. The Bertz CT molecular complexity index is 850. The summed E-state index contributed by atoms with van der Waals surface area (Å²) in [6, 6.07) is 16.5. The lowest BCUT2D eigenvalue weighted by Crippen LogP contribution is -2.02. The van der Waals surface area contributed by atoms with E-state index >= 15 is 0 Å². The molecule has 0 amide bonds. The highest BCUT2D eigenvalue weighted by molar-refractivity contribution is 6.30. The van der Waals surface area contributed by atoms with Gasteiger partial charge in [-0.1, -0.05) is 41.9 Å². The molecular weight excluding hydrogens is 314 g/mol. The smallest absolute Gasteiger partial charge is 0.337 e. The summed E-state index contributed by atoms with van der Waals surface area (Å²) in [5.74, 6) is 0.172. The third-order valence-electron chi connectivity index (χ3n) is 3.40. The van der Waals surface area contributed by atoms with Crippen LogP contribution < -0.4 is 4.74 Å². The number of benzene rings is 2. The largest absolute Gasteiger partial charge is 0.488 e. The Morgan fingerprint density at radius 2 is 1.91 bits per heavy atom. The van der Waals surface area contributed by atoms with Crippen molar-refractivity contribution in [3.8, 4) is 5.75 Å². The van der Waals surface area contributed by atoms with Gasteiger partial charge < -0.3 is 9.47 Å². The van der Waals surface area contributed by atoms with E-state index in [1.165, 1.54) is 7.11 Å². The van der Waals surface area contributed by atoms with Crippen molar-refractivity contribution in [3.05, 3.63) is 70.9 Å². The fraction of sp³-hybridized carbons (Fsp3) is 0.111. The number of methoxy groups -OCH3 is 1. The molecule has 1 aromatic heterocycles. The number of halogens is 1. The summed E-state index contributed by atoms with van der Waals surface area (Å²) in [5, 5.41) is 1.06. The lowest BCUT2D eigenvalue weighted by atomic mass is 10.1. The first-order valence-corrected chi connectivity index (χ1v) is 7.40. The molecule has 0 aliphatic carbocycles. The van der Waals surface area contributed by atoms with Crippen LogP contribution in [0.25, 0.3) is 10.9 Å². The van der Waals surface area contributed by atoms with Crippen LogP contribution in [0.3, 0.4) is 0 Å². The summed E-state index contributed by atoms with van der Waals surface area (Å²) in [6.07, 6.45) is 0. The molecule has 2 aromatic carbocycles. The van der Waals surface area contributed by atoms with Gasteiger partial charge in [-0.25, -0.2) is 9.78 Å². The first-order chi connectivity index (χ1) is 11.2. The molecule has 3 rings (SSSR count). The highest BCUT2D eigenvalue weighted by Crippen LogP contribution is 2.29. The van der Waals surface area contributed by atoms with Crippen molar-refractivity contribution in [3.63, 3.8) is 0 Å². The summed E-state index contributed by atoms with van der Waals surface area (Å²) in [4.78, 5) is 16.0. The summed E-state index contributed by atoms with van der Waals surface area (Å²) < 4.78 is 10.6. The molecule has 1 heterocycles. The number of hydrogen-bond donors (Lipinski definition) is 0. The van der Waals surface area contributed by atoms with Crippen molar-refractivity contribution < 1.29 is 14.3 Å². The maximum Gasteiger partial charge on any atom is 0.337 e. The number of nitrogens with zero attached hydrogens (tertiary/aromatic N) is 1. The zero-order valence-electron chi connectivity index (χ0n) is 12.5. The minimum absolute atomic E-state index is 0.339. The van der Waals surface area contributed by atoms with Crippen molar-refractivity contribution >= 4 is 28.5 Å². The summed E-state index contributed by atoms with van der Waals surface area (Å²) >= 11 is 6.05. The summed E-state index contributed by atoms with van der Waals surface area (Å²) in [6.45, 7) is 0.402. The fourth-order valence-corrected chi connectivity index (χ4v) is 2.45. The minimum atomic E-state index is -0.407. The monoisotopic (exact) mass is 327 g/mol. The van der Waals surface area contributed by atoms with E-state index in [1.807, 2.05) is 30.3 Å². The number of aromatic nitrogens is 1. The Morgan fingerprint density at radius 1 is 1.13 bits per heavy atom. The van der Waals surface area contributed by atoms with Crippen molar-refractivity contribution in [1.82, 2.24) is 4.98 Å². The van der Waals surface area contributed by atoms with Gasteiger partial charge in [0.15, 0.2) is 0 Å². The first-order valence-electron chi connectivity index (χ1n) is 7.03. The van der Waals surface area contributed by atoms with Gasteiger partial charge in [-0.2, -0.15) is 0 Å². The molecule has 23 heavy (non-hydrogen) atoms. The topological polar surface area (TPSA) is 48.4 Å². The Hall–Kier alpha value is -2.59. The van der Waals surface area contributed by atoms with Crippen LogP contribution in [0.5, 0.6) is 5.75 Å². The Balaban J connectivity index is 1.98. The van der Waals surface area contributed by atoms with E-state index in [1.54, 1.807) is 24.3 Å². The van der Waals surface area contributed by atoms with Gasteiger partial charge in [0, 0.05) is 11.5 Å². The fourth-order valence-electron chi connectivity index (χ4n) is 2.26. The molecule has 0 N–H and O–H groups in total. The van der Waals surface area contributed by atoms with Gasteiger partial charge in [-0.15, -0.1) is 0 Å². The van der Waals surface area contributed by atoms with Crippen molar-refractivity contribution in [2.24, 2.45) is 0 Å². The number of hydrogen-bond acceptors (Lipinski definition) is 4. The number of esters is 1. The molecule has 4 nitrogen and oxygen atoms in total. The second-order valence-corrected chi connectivity index (χ2v) is 5.33. The maximum atomic E-state index is 11.7. The van der Waals surface area contributed by atoms with E-state index in [9.17, 15) is 4.79 Å². The average molecular weight is 328 g/mol. The van der Waals surface area contributed by atoms with Gasteiger partial charge in [0.2, 0.25) is 0 Å². The SMILES string of the molecule is COC(=O)c1ccc2nc(Cl)cc(OCc3ccccc3)c2c1. The predicted octanol–water partition coefficient (Wildman–Crippen LogP) is 4.25. The second kappa shape index (κ2) is 6.67. The van der Waals surface area contributed by atoms with Crippen LogP contribution in [0.2, 0.25) is 5.15 Å². The Morgan fingerprint density at radius 3 is 2.65 bits per heavy atom. The van der Waals surface area contributed by atoms with Crippen LogP contribution in [0.15, 0.2) is 54.6 Å². The normalized spacial score (nSPS) is 10.5. The first kappa shape index (κ1) is 15.3. The Kier molecular flexibility index (Phi) is 4.44. The Labute approximate surface area is 138 Å². The quantitative estimate of drug-likeness (QED) is 0.531. The van der Waals surface area contributed by atoms with Crippen molar-refractivity contribution in [1.29, 1.82) is 0 Å². The van der Waals surface area contributed by atoms with Crippen molar-refractivity contribution in [2.75, 3.05) is 7.11 Å². The van der Waals surface area contributed by atoms with Crippen LogP contribution in [-0.4, -0.2) is 18.1 Å². The van der Waals surface area contributed by atoms with E-state index < -0.39 is 5.97 Å². The lowest BCUT2D eigenvalue weighted by molar-refractivity contribution is 0.0601. The molecule has 0 saturated carbocycles. The van der Waals surface area contributed by atoms with Gasteiger partial charge in [0.1, 0.15) is 17.5 Å². The van der Waals surface area contributed by atoms with Crippen LogP contribution in [0, 0.1) is 0 Å². The van der Waals surface area contributed by atoms with Crippen LogP contribution in [0.1, 0.15) is 15.9 Å². The summed E-state index contributed by atoms with van der Waals surface area (Å²) in [5.41, 5.74) is 2.14. The van der Waals surface area contributed by atoms with E-state index in [0.29, 0.717) is 34.0 Å². The van der Waals surface area contributed by atoms with E-state index in [0.717, 1.165) is 5.56 Å². The number of pyridine rings is 1. The molecule has 0 spiro atoms. The molecule has 0 atom stereocenters. The molecule has 0 bridgehead atoms. The number of carbonyl (C=O) groups excluding carboxylic acids is 1. The van der Waals surface area contributed by atoms with Gasteiger partial charge in [-0.3, -0.25) is 0 Å². The van der Waals surface area contributed by atoms with Gasteiger partial charge in [-0.05, 0) is 23.8 Å². The predicted molar refractivity (Wildman–Crippen MR) is 88.9 cm³/mol. The molecule has 0 fully saturated rings. The second-order valence-electron chi connectivity index (χ2n) is 4.94. The number of fused-ring (bicyclic) bond motifs is 1. The molecule has 3 aromatic rings. The molecule has 5 heteroatoms. The van der Waals surface area contributed by atoms with Gasteiger partial charge >= 0.3 is 5.97 Å². The molecular formula is C18H14ClNO3. The van der Waals surface area contributed by atoms with Gasteiger partial charge in [0.05, 0.1) is 18.2 Å². The maximum absolute atomic E-state index is 11.7. The standard InChI is InChI=1S/C18H14ClNO3/c1-22-18(21)13-7-8-15-14(9-13)16(10-17(19)20-15)23-11-12-5-3-2-4-6-12/h2-10H,11H2,1H3. The van der Waals surface area contributed by atoms with Gasteiger partial charge in [0.25, 0.3) is 0 Å². The van der Waals surface area contributed by atoms with E-state index in [4.69, 9.17) is 21.1 Å². The van der Waals surface area contributed by atoms with E-state index in [2.05, 4.69) is 4.98 Å². The number of carbonyl (C=O) groups is 1. The lowest BCUT2D eigenvalue weighted by Gasteiger charge is -2.11. The zero-order valence-corrected chi connectivity index (χ0v) is 13.2. The molecule has 116 valence electrons. The van der Waals surface area contributed by atoms with Crippen LogP contribution in [-0.2, 0) is 11.3 Å². The molecule has 0 aliphatic heterocycles. The van der Waals surface area contributed by atoms with Crippen LogP contribution >= 0.6 is 11.6 Å². The molecule has 0 aliphatic rings. The minimum Gasteiger partial charge on any atom is -0.488 e. The highest BCUT2D eigenvalue weighted by atomic mass is 35.5. The number of rotatable bonds is 4. The van der Waals surface area contributed by atoms with E-state index in [-0.39, 0.29) is 0 Å². The molecule has 0 saturated heterocycles. The molecule has 0 unspecified atom stereocenters. The average Bonchev–Trinajstić information content (AvgIpc) is 2.59. The van der Waals surface area contributed by atoms with Crippen molar-refractivity contribution in [2.45, 2.75) is 6.61 Å². The highest BCUT2D eigenvalue weighted by Gasteiger charge is 2.11. The molecule has 0 radical (unpaired) electrons. The number of ether oxygens (including phenoxy) is 2. The zero-order chi connectivity index (χ0) is 16.2. The third-order valence-corrected chi connectivity index (χ3v) is 3.59. The third kappa shape index (κ3) is 3.43.